The van der Waals surface area contributed by atoms with Gasteiger partial charge < -0.3 is 20.4 Å². The van der Waals surface area contributed by atoms with Gasteiger partial charge in [-0.05, 0) is 46.0 Å². The maximum absolute atomic E-state index is 12.4. The van der Waals surface area contributed by atoms with Crippen molar-refractivity contribution in [2.75, 3.05) is 39.3 Å². The van der Waals surface area contributed by atoms with Crippen molar-refractivity contribution >= 4 is 17.8 Å². The molecule has 0 aromatic carbocycles. The van der Waals surface area contributed by atoms with Crippen LogP contribution in [-0.4, -0.2) is 72.9 Å². The number of carbonyl (C=O) groups is 2. The third-order valence-electron chi connectivity index (χ3n) is 5.13. The smallest absolute Gasteiger partial charge is 0.224 e. The Hall–Kier alpha value is -1.79. The lowest BCUT2D eigenvalue weighted by atomic mass is 10.0. The Bertz CT molecular complexity index is 494. The Morgan fingerprint density at radius 3 is 2.77 bits per heavy atom. The average molecular weight is 366 g/mol. The first-order valence-electron chi connectivity index (χ1n) is 10.2. The van der Waals surface area contributed by atoms with Gasteiger partial charge in [0.1, 0.15) is 0 Å². The molecule has 2 aliphatic rings. The van der Waals surface area contributed by atoms with E-state index in [-0.39, 0.29) is 11.8 Å². The highest BCUT2D eigenvalue weighted by atomic mass is 16.2. The fourth-order valence-electron chi connectivity index (χ4n) is 3.63. The van der Waals surface area contributed by atoms with Crippen molar-refractivity contribution in [3.63, 3.8) is 0 Å². The quantitative estimate of drug-likeness (QED) is 0.387. The minimum atomic E-state index is 0.230. The Kier molecular flexibility index (Phi) is 8.71. The Labute approximate surface area is 157 Å². The van der Waals surface area contributed by atoms with E-state index in [0.717, 1.165) is 57.8 Å². The van der Waals surface area contributed by atoms with E-state index in [1.807, 2.05) is 16.7 Å². The lowest BCUT2D eigenvalue weighted by Crippen LogP contribution is -2.44. The summed E-state index contributed by atoms with van der Waals surface area (Å²) in [6.45, 7) is 8.79. The van der Waals surface area contributed by atoms with Crippen LogP contribution in [0.4, 0.5) is 0 Å². The summed E-state index contributed by atoms with van der Waals surface area (Å²) in [4.78, 5) is 32.5. The molecule has 0 aromatic rings. The van der Waals surface area contributed by atoms with E-state index in [0.29, 0.717) is 32.0 Å². The van der Waals surface area contributed by atoms with E-state index in [1.165, 1.54) is 6.42 Å². The Morgan fingerprint density at radius 2 is 2.08 bits per heavy atom. The average Bonchev–Trinajstić information content (AvgIpc) is 3.04. The van der Waals surface area contributed by atoms with Gasteiger partial charge in [0, 0.05) is 58.2 Å². The van der Waals surface area contributed by atoms with Crippen molar-refractivity contribution in [1.29, 1.82) is 0 Å². The molecule has 2 N–H and O–H groups in total. The molecule has 26 heavy (non-hydrogen) atoms. The number of hydrogen-bond acceptors (Lipinski definition) is 3. The standard InChI is InChI=1S/C19H35N5O2/c1-3-20-19(21-11-7-14-23-13-6-9-17(23)25)22-12-10-18(26)24-15-5-4-8-16(24)2/h16H,3-15H2,1-2H3,(H2,20,21,22). The van der Waals surface area contributed by atoms with Crippen molar-refractivity contribution in [2.45, 2.75) is 64.8 Å². The van der Waals surface area contributed by atoms with Gasteiger partial charge in [0.2, 0.25) is 11.8 Å². The summed E-state index contributed by atoms with van der Waals surface area (Å²) in [7, 11) is 0. The van der Waals surface area contributed by atoms with E-state index in [1.54, 1.807) is 0 Å². The largest absolute Gasteiger partial charge is 0.357 e. The van der Waals surface area contributed by atoms with Crippen LogP contribution in [0.2, 0.25) is 0 Å². The fourth-order valence-corrected chi connectivity index (χ4v) is 3.63. The van der Waals surface area contributed by atoms with Crippen molar-refractivity contribution in [3.05, 3.63) is 0 Å². The normalized spacial score (nSPS) is 21.2. The summed E-state index contributed by atoms with van der Waals surface area (Å²) in [5.74, 6) is 1.25. The van der Waals surface area contributed by atoms with Crippen LogP contribution in [0.3, 0.4) is 0 Å². The molecule has 2 heterocycles. The van der Waals surface area contributed by atoms with Gasteiger partial charge in [-0.15, -0.1) is 0 Å². The van der Waals surface area contributed by atoms with Crippen molar-refractivity contribution in [1.82, 2.24) is 20.4 Å². The van der Waals surface area contributed by atoms with Crippen molar-refractivity contribution < 1.29 is 9.59 Å². The van der Waals surface area contributed by atoms with E-state index in [9.17, 15) is 9.59 Å². The second-order valence-electron chi connectivity index (χ2n) is 7.21. The number of aliphatic imine (C=N–C) groups is 1. The van der Waals surface area contributed by atoms with Gasteiger partial charge >= 0.3 is 0 Å². The first-order chi connectivity index (χ1) is 12.6. The third-order valence-corrected chi connectivity index (χ3v) is 5.13. The second kappa shape index (κ2) is 11.0. The number of guanidine groups is 1. The summed E-state index contributed by atoms with van der Waals surface area (Å²) in [6.07, 6.45) is 6.50. The molecule has 2 saturated heterocycles. The lowest BCUT2D eigenvalue weighted by Gasteiger charge is -2.33. The zero-order chi connectivity index (χ0) is 18.8. The number of piperidine rings is 1. The Balaban J connectivity index is 1.67. The predicted octanol–water partition coefficient (Wildman–Crippen LogP) is 1.35. The number of amides is 2. The van der Waals surface area contributed by atoms with Gasteiger partial charge in [-0.3, -0.25) is 14.6 Å². The summed E-state index contributed by atoms with van der Waals surface area (Å²) < 4.78 is 0. The molecular weight excluding hydrogens is 330 g/mol. The molecule has 7 nitrogen and oxygen atoms in total. The van der Waals surface area contributed by atoms with Crippen LogP contribution >= 0.6 is 0 Å². The van der Waals surface area contributed by atoms with Crippen LogP contribution in [0, 0.1) is 0 Å². The minimum absolute atomic E-state index is 0.230. The van der Waals surface area contributed by atoms with Crippen molar-refractivity contribution in [2.24, 2.45) is 4.99 Å². The fraction of sp³-hybridized carbons (Fsp3) is 0.842. The van der Waals surface area contributed by atoms with Gasteiger partial charge in [0.15, 0.2) is 5.96 Å². The molecule has 7 heteroatoms. The summed E-state index contributed by atoms with van der Waals surface area (Å²) >= 11 is 0. The molecule has 0 bridgehead atoms. The first kappa shape index (κ1) is 20.5. The summed E-state index contributed by atoms with van der Waals surface area (Å²) in [6, 6.07) is 0.367. The molecule has 0 aromatic heterocycles. The Morgan fingerprint density at radius 1 is 1.23 bits per heavy atom. The van der Waals surface area contributed by atoms with Gasteiger partial charge in [-0.2, -0.15) is 0 Å². The molecule has 0 radical (unpaired) electrons. The van der Waals surface area contributed by atoms with Gasteiger partial charge in [0.05, 0.1) is 0 Å². The number of rotatable bonds is 8. The number of likely N-dealkylation sites (tertiary alicyclic amines) is 2. The van der Waals surface area contributed by atoms with Crippen LogP contribution in [-0.2, 0) is 9.59 Å². The number of hydrogen-bond donors (Lipinski definition) is 2. The number of nitrogens with zero attached hydrogens (tertiary/aromatic N) is 3. The van der Waals surface area contributed by atoms with Crippen LogP contribution in [0.1, 0.15) is 58.8 Å². The molecule has 2 rings (SSSR count). The summed E-state index contributed by atoms with van der Waals surface area (Å²) in [5.41, 5.74) is 0. The highest BCUT2D eigenvalue weighted by Gasteiger charge is 2.22. The molecule has 2 aliphatic heterocycles. The zero-order valence-electron chi connectivity index (χ0n) is 16.4. The van der Waals surface area contributed by atoms with Crippen LogP contribution in [0.15, 0.2) is 4.99 Å². The van der Waals surface area contributed by atoms with Gasteiger partial charge in [-0.1, -0.05) is 0 Å². The first-order valence-corrected chi connectivity index (χ1v) is 10.2. The van der Waals surface area contributed by atoms with E-state index in [2.05, 4.69) is 22.5 Å². The lowest BCUT2D eigenvalue weighted by molar-refractivity contribution is -0.134. The molecule has 1 atom stereocenters. The molecular formula is C19H35N5O2. The monoisotopic (exact) mass is 365 g/mol. The predicted molar refractivity (Wildman–Crippen MR) is 104 cm³/mol. The van der Waals surface area contributed by atoms with Gasteiger partial charge in [-0.25, -0.2) is 0 Å². The minimum Gasteiger partial charge on any atom is -0.357 e. The molecule has 1 unspecified atom stereocenters. The topological polar surface area (TPSA) is 77.0 Å². The molecule has 2 fully saturated rings. The van der Waals surface area contributed by atoms with E-state index in [4.69, 9.17) is 0 Å². The second-order valence-corrected chi connectivity index (χ2v) is 7.21. The summed E-state index contributed by atoms with van der Waals surface area (Å²) in [5, 5.41) is 6.47. The van der Waals surface area contributed by atoms with Crippen LogP contribution < -0.4 is 10.6 Å². The van der Waals surface area contributed by atoms with E-state index < -0.39 is 0 Å². The maximum Gasteiger partial charge on any atom is 0.224 e. The van der Waals surface area contributed by atoms with E-state index >= 15 is 0 Å². The molecule has 0 saturated carbocycles. The number of nitrogens with one attached hydrogen (secondary N) is 2. The molecule has 0 aliphatic carbocycles. The molecule has 148 valence electrons. The zero-order valence-corrected chi connectivity index (χ0v) is 16.4. The van der Waals surface area contributed by atoms with Gasteiger partial charge in [0.25, 0.3) is 0 Å². The molecule has 2 amide bonds. The molecule has 0 spiro atoms. The SMILES string of the molecule is CCNC(=NCCCN1CCCC1=O)NCCC(=O)N1CCCCC1C. The number of carbonyl (C=O) groups excluding carboxylic acids is 2. The maximum atomic E-state index is 12.4. The van der Waals surface area contributed by atoms with Crippen molar-refractivity contribution in [3.8, 4) is 0 Å². The highest BCUT2D eigenvalue weighted by Crippen LogP contribution is 2.17. The third kappa shape index (κ3) is 6.50. The highest BCUT2D eigenvalue weighted by molar-refractivity contribution is 5.81. The van der Waals surface area contributed by atoms with Crippen LogP contribution in [0.25, 0.3) is 0 Å². The van der Waals surface area contributed by atoms with Crippen LogP contribution in [0.5, 0.6) is 0 Å².